The fraction of sp³-hybridized carbons (Fsp3) is 0.273. The number of nitrogens with two attached hydrogens (primary N) is 1. The number of benzene rings is 1. The third-order valence-corrected chi connectivity index (χ3v) is 4.22. The van der Waals surface area contributed by atoms with Gasteiger partial charge in [-0.05, 0) is 31.0 Å². The normalized spacial score (nSPS) is 12.6. The molecule has 0 bridgehead atoms. The van der Waals surface area contributed by atoms with Crippen LogP contribution in [0.5, 0.6) is 0 Å². The minimum absolute atomic E-state index is 0.130. The van der Waals surface area contributed by atoms with Gasteiger partial charge in [0, 0.05) is 16.0 Å². The van der Waals surface area contributed by atoms with Gasteiger partial charge < -0.3 is 5.73 Å². The molecule has 2 rings (SSSR count). The summed E-state index contributed by atoms with van der Waals surface area (Å²) in [5.74, 6) is 0. The van der Waals surface area contributed by atoms with Gasteiger partial charge in [0.15, 0.2) is 4.34 Å². The van der Waals surface area contributed by atoms with Gasteiger partial charge in [0.05, 0.1) is 0 Å². The molecule has 0 spiro atoms. The van der Waals surface area contributed by atoms with Gasteiger partial charge in [-0.3, -0.25) is 0 Å². The van der Waals surface area contributed by atoms with Crippen molar-refractivity contribution < 1.29 is 0 Å². The van der Waals surface area contributed by atoms with E-state index in [2.05, 4.69) is 10.2 Å². The van der Waals surface area contributed by atoms with Crippen LogP contribution in [-0.2, 0) is 6.42 Å². The lowest BCUT2D eigenvalue weighted by atomic mass is 10.1. The van der Waals surface area contributed by atoms with Crippen LogP contribution in [0.1, 0.15) is 12.5 Å². The van der Waals surface area contributed by atoms with Gasteiger partial charge in [-0.25, -0.2) is 0 Å². The highest BCUT2D eigenvalue weighted by Crippen LogP contribution is 2.33. The molecule has 0 aliphatic carbocycles. The van der Waals surface area contributed by atoms with Gasteiger partial charge in [-0.2, -0.15) is 0 Å². The smallest absolute Gasteiger partial charge is 0.178 e. The van der Waals surface area contributed by atoms with Crippen LogP contribution in [0.4, 0.5) is 0 Å². The number of rotatable bonds is 4. The van der Waals surface area contributed by atoms with Gasteiger partial charge in [-0.15, -0.1) is 10.2 Å². The second-order valence-corrected chi connectivity index (χ2v) is 6.30. The molecule has 6 heteroatoms. The molecule has 0 aliphatic heterocycles. The van der Waals surface area contributed by atoms with Crippen molar-refractivity contribution in [2.24, 2.45) is 5.73 Å². The average Bonchev–Trinajstić information content (AvgIpc) is 2.74. The predicted octanol–water partition coefficient (Wildman–Crippen LogP) is 3.23. The molecule has 3 nitrogen and oxygen atoms in total. The van der Waals surface area contributed by atoms with E-state index in [0.29, 0.717) is 0 Å². The topological polar surface area (TPSA) is 51.8 Å². The summed E-state index contributed by atoms with van der Waals surface area (Å²) in [5, 5.41) is 8.57. The van der Waals surface area contributed by atoms with Crippen LogP contribution in [-0.4, -0.2) is 16.2 Å². The summed E-state index contributed by atoms with van der Waals surface area (Å²) in [6, 6.07) is 5.99. The molecule has 0 fully saturated rings. The second-order valence-electron chi connectivity index (χ2n) is 3.74. The standard InChI is InChI=1S/C11H12ClN3S2/c1-7(13)4-8-2-3-9(12)5-10(8)17-11-15-14-6-16-11/h2-3,5-7H,4,13H2,1H3. The van der Waals surface area contributed by atoms with Crippen LogP contribution in [0.3, 0.4) is 0 Å². The Bertz CT molecular complexity index is 485. The SMILES string of the molecule is CC(N)Cc1ccc(Cl)cc1Sc1nncs1. The lowest BCUT2D eigenvalue weighted by Crippen LogP contribution is -2.18. The van der Waals surface area contributed by atoms with E-state index in [1.165, 1.54) is 16.9 Å². The highest BCUT2D eigenvalue weighted by molar-refractivity contribution is 8.01. The Morgan fingerprint density at radius 3 is 3.00 bits per heavy atom. The summed E-state index contributed by atoms with van der Waals surface area (Å²) >= 11 is 9.12. The third kappa shape index (κ3) is 3.67. The molecule has 2 N–H and O–H groups in total. The summed E-state index contributed by atoms with van der Waals surface area (Å²) in [4.78, 5) is 1.10. The monoisotopic (exact) mass is 285 g/mol. The Balaban J connectivity index is 2.26. The molecular formula is C11H12ClN3S2. The fourth-order valence-corrected chi connectivity index (χ4v) is 3.29. The average molecular weight is 286 g/mol. The molecule has 2 aromatic rings. The largest absolute Gasteiger partial charge is 0.328 e. The molecular weight excluding hydrogens is 274 g/mol. The quantitative estimate of drug-likeness (QED) is 0.937. The molecule has 90 valence electrons. The van der Waals surface area contributed by atoms with E-state index in [1.807, 2.05) is 25.1 Å². The van der Waals surface area contributed by atoms with Crippen molar-refractivity contribution in [3.63, 3.8) is 0 Å². The van der Waals surface area contributed by atoms with E-state index in [9.17, 15) is 0 Å². The molecule has 1 unspecified atom stereocenters. The molecule has 17 heavy (non-hydrogen) atoms. The minimum atomic E-state index is 0.130. The summed E-state index contributed by atoms with van der Waals surface area (Å²) in [5.41, 5.74) is 8.76. The first kappa shape index (κ1) is 12.8. The van der Waals surface area contributed by atoms with Crippen LogP contribution in [0.25, 0.3) is 0 Å². The Morgan fingerprint density at radius 1 is 1.53 bits per heavy atom. The zero-order valence-corrected chi connectivity index (χ0v) is 11.6. The lowest BCUT2D eigenvalue weighted by Gasteiger charge is -2.10. The van der Waals surface area contributed by atoms with E-state index >= 15 is 0 Å². The van der Waals surface area contributed by atoms with E-state index in [0.717, 1.165) is 20.7 Å². The highest BCUT2D eigenvalue weighted by atomic mass is 35.5. The van der Waals surface area contributed by atoms with Gasteiger partial charge in [-0.1, -0.05) is 40.8 Å². The lowest BCUT2D eigenvalue weighted by molar-refractivity contribution is 0.729. The molecule has 1 aromatic heterocycles. The molecule has 1 atom stereocenters. The molecule has 1 heterocycles. The Labute approximate surface area is 113 Å². The Hall–Kier alpha value is -0.620. The van der Waals surface area contributed by atoms with Crippen LogP contribution < -0.4 is 5.73 Å². The maximum atomic E-state index is 6.02. The zero-order valence-electron chi connectivity index (χ0n) is 9.26. The van der Waals surface area contributed by atoms with E-state index in [1.54, 1.807) is 17.3 Å². The highest BCUT2D eigenvalue weighted by Gasteiger charge is 2.09. The van der Waals surface area contributed by atoms with Crippen molar-refractivity contribution in [1.29, 1.82) is 0 Å². The van der Waals surface area contributed by atoms with Crippen molar-refractivity contribution in [2.75, 3.05) is 0 Å². The van der Waals surface area contributed by atoms with Crippen LogP contribution in [0.15, 0.2) is 32.9 Å². The molecule has 0 aliphatic rings. The van der Waals surface area contributed by atoms with E-state index < -0.39 is 0 Å². The van der Waals surface area contributed by atoms with Gasteiger partial charge in [0.25, 0.3) is 0 Å². The summed E-state index contributed by atoms with van der Waals surface area (Å²) in [7, 11) is 0. The number of halogens is 1. The van der Waals surface area contributed by atoms with E-state index in [-0.39, 0.29) is 6.04 Å². The number of nitrogens with zero attached hydrogens (tertiary/aromatic N) is 2. The maximum Gasteiger partial charge on any atom is 0.178 e. The predicted molar refractivity (Wildman–Crippen MR) is 72.8 cm³/mol. The number of hydrogen-bond acceptors (Lipinski definition) is 5. The molecule has 0 saturated heterocycles. The zero-order chi connectivity index (χ0) is 12.3. The maximum absolute atomic E-state index is 6.02. The van der Waals surface area contributed by atoms with Crippen LogP contribution in [0.2, 0.25) is 5.02 Å². The van der Waals surface area contributed by atoms with Crippen LogP contribution >= 0.6 is 34.7 Å². The van der Waals surface area contributed by atoms with Crippen molar-refractivity contribution in [2.45, 2.75) is 28.6 Å². The molecule has 0 saturated carbocycles. The Morgan fingerprint density at radius 2 is 2.35 bits per heavy atom. The van der Waals surface area contributed by atoms with Crippen molar-refractivity contribution in [3.8, 4) is 0 Å². The first-order valence-electron chi connectivity index (χ1n) is 5.13. The van der Waals surface area contributed by atoms with Gasteiger partial charge in [0.2, 0.25) is 0 Å². The fourth-order valence-electron chi connectivity index (χ4n) is 1.44. The Kier molecular flexibility index (Phi) is 4.39. The number of hydrogen-bond donors (Lipinski definition) is 1. The molecule has 0 amide bonds. The first-order valence-corrected chi connectivity index (χ1v) is 7.20. The summed E-state index contributed by atoms with van der Waals surface area (Å²) in [6.07, 6.45) is 0.832. The minimum Gasteiger partial charge on any atom is -0.328 e. The molecule has 0 radical (unpaired) electrons. The molecule has 1 aromatic carbocycles. The second kappa shape index (κ2) is 5.82. The van der Waals surface area contributed by atoms with Gasteiger partial charge >= 0.3 is 0 Å². The van der Waals surface area contributed by atoms with Crippen LogP contribution in [0, 0.1) is 0 Å². The summed E-state index contributed by atoms with van der Waals surface area (Å²) in [6.45, 7) is 1.99. The summed E-state index contributed by atoms with van der Waals surface area (Å²) < 4.78 is 0.915. The van der Waals surface area contributed by atoms with E-state index in [4.69, 9.17) is 17.3 Å². The van der Waals surface area contributed by atoms with Gasteiger partial charge in [0.1, 0.15) is 5.51 Å². The first-order chi connectivity index (χ1) is 8.15. The van der Waals surface area contributed by atoms with Crippen molar-refractivity contribution in [1.82, 2.24) is 10.2 Å². The third-order valence-electron chi connectivity index (χ3n) is 2.11. The van der Waals surface area contributed by atoms with Crippen molar-refractivity contribution in [3.05, 3.63) is 34.3 Å². The number of aromatic nitrogens is 2. The van der Waals surface area contributed by atoms with Crippen molar-refractivity contribution >= 4 is 34.7 Å².